The normalized spacial score (nSPS) is 35.1. The molecule has 1 heteroatoms. The van der Waals surface area contributed by atoms with Gasteiger partial charge in [-0.05, 0) is 19.1 Å². The molecule has 1 heterocycles. The average molecular weight is 134 g/mol. The van der Waals surface area contributed by atoms with Crippen molar-refractivity contribution < 1.29 is 4.74 Å². The Balaban J connectivity index is 2.26. The van der Waals surface area contributed by atoms with Gasteiger partial charge in [0.15, 0.2) is 0 Å². The molecule has 10 heavy (non-hydrogen) atoms. The van der Waals surface area contributed by atoms with E-state index in [0.29, 0.717) is 5.92 Å². The second-order valence-electron chi connectivity index (χ2n) is 2.78. The molecule has 0 saturated heterocycles. The third-order valence-electron chi connectivity index (χ3n) is 1.92. The molecule has 0 aromatic carbocycles. The lowest BCUT2D eigenvalue weighted by Gasteiger charge is -2.15. The van der Waals surface area contributed by atoms with Crippen LogP contribution in [0.25, 0.3) is 0 Å². The standard InChI is InChI=1S/C9H10O/c1-7-2-3-9-8(6-7)4-5-10-9/h2-6,8-9H,1H3. The van der Waals surface area contributed by atoms with Crippen molar-refractivity contribution >= 4 is 0 Å². The lowest BCUT2D eigenvalue weighted by atomic mass is 9.95. The number of hydrogen-bond donors (Lipinski definition) is 0. The van der Waals surface area contributed by atoms with Crippen LogP contribution in [0.5, 0.6) is 0 Å². The number of rotatable bonds is 0. The van der Waals surface area contributed by atoms with Crippen molar-refractivity contribution in [3.8, 4) is 0 Å². The summed E-state index contributed by atoms with van der Waals surface area (Å²) in [5, 5.41) is 0. The van der Waals surface area contributed by atoms with Crippen LogP contribution in [0.15, 0.2) is 36.1 Å². The molecule has 1 nitrogen and oxygen atoms in total. The fraction of sp³-hybridized carbons (Fsp3) is 0.333. The molecule has 0 fully saturated rings. The van der Waals surface area contributed by atoms with Crippen LogP contribution in [-0.4, -0.2) is 6.10 Å². The van der Waals surface area contributed by atoms with E-state index >= 15 is 0 Å². The summed E-state index contributed by atoms with van der Waals surface area (Å²) in [7, 11) is 0. The molecule has 0 spiro atoms. The van der Waals surface area contributed by atoms with Crippen molar-refractivity contribution in [2.45, 2.75) is 13.0 Å². The second kappa shape index (κ2) is 2.01. The Morgan fingerprint density at radius 1 is 1.40 bits per heavy atom. The van der Waals surface area contributed by atoms with Crippen molar-refractivity contribution in [1.82, 2.24) is 0 Å². The molecule has 52 valence electrons. The molecule has 0 saturated carbocycles. The number of ether oxygens (including phenoxy) is 1. The Morgan fingerprint density at radius 3 is 3.20 bits per heavy atom. The van der Waals surface area contributed by atoms with E-state index in [2.05, 4.69) is 31.2 Å². The predicted molar refractivity (Wildman–Crippen MR) is 40.4 cm³/mol. The molecule has 0 amide bonds. The highest BCUT2D eigenvalue weighted by Gasteiger charge is 2.21. The molecule has 2 atom stereocenters. The lowest BCUT2D eigenvalue weighted by Crippen LogP contribution is -2.13. The molecule has 1 aliphatic heterocycles. The summed E-state index contributed by atoms with van der Waals surface area (Å²) in [6.45, 7) is 2.11. The maximum Gasteiger partial charge on any atom is 0.126 e. The summed E-state index contributed by atoms with van der Waals surface area (Å²) in [4.78, 5) is 0. The van der Waals surface area contributed by atoms with Gasteiger partial charge in [0, 0.05) is 5.92 Å². The van der Waals surface area contributed by atoms with Crippen molar-refractivity contribution in [3.05, 3.63) is 36.1 Å². The molecule has 0 bridgehead atoms. The minimum absolute atomic E-state index is 0.281. The summed E-state index contributed by atoms with van der Waals surface area (Å²) >= 11 is 0. The van der Waals surface area contributed by atoms with Gasteiger partial charge in [0.1, 0.15) is 6.10 Å². The largest absolute Gasteiger partial charge is 0.493 e. The molecule has 2 unspecified atom stereocenters. The summed E-state index contributed by atoms with van der Waals surface area (Å²) in [6, 6.07) is 0. The van der Waals surface area contributed by atoms with Crippen LogP contribution in [0.1, 0.15) is 6.92 Å². The van der Waals surface area contributed by atoms with E-state index in [1.54, 1.807) is 6.26 Å². The molecule has 0 radical (unpaired) electrons. The van der Waals surface area contributed by atoms with Gasteiger partial charge in [-0.2, -0.15) is 0 Å². The second-order valence-corrected chi connectivity index (χ2v) is 2.78. The van der Waals surface area contributed by atoms with Crippen LogP contribution >= 0.6 is 0 Å². The SMILES string of the molecule is CC1=CC2C=COC2C=C1. The van der Waals surface area contributed by atoms with E-state index in [1.807, 2.05) is 0 Å². The highest BCUT2D eigenvalue weighted by Crippen LogP contribution is 2.25. The van der Waals surface area contributed by atoms with Crippen molar-refractivity contribution in [1.29, 1.82) is 0 Å². The zero-order valence-electron chi connectivity index (χ0n) is 5.95. The molecular weight excluding hydrogens is 124 g/mol. The Bertz CT molecular complexity index is 223. The maximum absolute atomic E-state index is 5.29. The van der Waals surface area contributed by atoms with E-state index < -0.39 is 0 Å². The average Bonchev–Trinajstić information content (AvgIpc) is 2.33. The van der Waals surface area contributed by atoms with E-state index in [4.69, 9.17) is 4.74 Å². The fourth-order valence-corrected chi connectivity index (χ4v) is 1.36. The van der Waals surface area contributed by atoms with Crippen LogP contribution < -0.4 is 0 Å². The van der Waals surface area contributed by atoms with Crippen molar-refractivity contribution in [2.24, 2.45) is 5.92 Å². The van der Waals surface area contributed by atoms with E-state index in [1.165, 1.54) is 5.57 Å². The number of hydrogen-bond acceptors (Lipinski definition) is 1. The van der Waals surface area contributed by atoms with Gasteiger partial charge in [0.25, 0.3) is 0 Å². The first-order valence-electron chi connectivity index (χ1n) is 3.55. The minimum atomic E-state index is 0.281. The Hall–Kier alpha value is -0.980. The first kappa shape index (κ1) is 5.78. The number of allylic oxidation sites excluding steroid dienone is 2. The third kappa shape index (κ3) is 0.783. The fourth-order valence-electron chi connectivity index (χ4n) is 1.36. The van der Waals surface area contributed by atoms with E-state index in [9.17, 15) is 0 Å². The van der Waals surface area contributed by atoms with Crippen LogP contribution in [0.2, 0.25) is 0 Å². The minimum Gasteiger partial charge on any atom is -0.493 e. The summed E-state index contributed by atoms with van der Waals surface area (Å²) in [6.07, 6.45) is 10.6. The van der Waals surface area contributed by atoms with Gasteiger partial charge in [0.05, 0.1) is 6.26 Å². The molecule has 2 rings (SSSR count). The van der Waals surface area contributed by atoms with Crippen LogP contribution in [-0.2, 0) is 4.74 Å². The van der Waals surface area contributed by atoms with Gasteiger partial charge in [-0.15, -0.1) is 0 Å². The summed E-state index contributed by atoms with van der Waals surface area (Å²) in [5.41, 5.74) is 1.33. The zero-order valence-corrected chi connectivity index (χ0v) is 5.95. The van der Waals surface area contributed by atoms with Crippen LogP contribution in [0.3, 0.4) is 0 Å². The maximum atomic E-state index is 5.29. The quantitative estimate of drug-likeness (QED) is 0.492. The number of fused-ring (bicyclic) bond motifs is 1. The molecule has 0 aromatic heterocycles. The molecule has 0 aromatic rings. The first-order valence-corrected chi connectivity index (χ1v) is 3.55. The van der Waals surface area contributed by atoms with Gasteiger partial charge in [-0.1, -0.05) is 17.7 Å². The summed E-state index contributed by atoms with van der Waals surface area (Å²) in [5.74, 6) is 0.491. The van der Waals surface area contributed by atoms with Gasteiger partial charge in [-0.25, -0.2) is 0 Å². The van der Waals surface area contributed by atoms with Gasteiger partial charge >= 0.3 is 0 Å². The third-order valence-corrected chi connectivity index (χ3v) is 1.92. The molecule has 2 aliphatic rings. The Kier molecular flexibility index (Phi) is 1.16. The van der Waals surface area contributed by atoms with E-state index in [-0.39, 0.29) is 6.10 Å². The lowest BCUT2D eigenvalue weighted by molar-refractivity contribution is 0.192. The zero-order chi connectivity index (χ0) is 6.97. The summed E-state index contributed by atoms with van der Waals surface area (Å²) < 4.78 is 5.29. The van der Waals surface area contributed by atoms with Crippen molar-refractivity contribution in [2.75, 3.05) is 0 Å². The molecule has 1 aliphatic carbocycles. The highest BCUT2D eigenvalue weighted by atomic mass is 16.5. The van der Waals surface area contributed by atoms with E-state index in [0.717, 1.165) is 0 Å². The van der Waals surface area contributed by atoms with Crippen LogP contribution in [0.4, 0.5) is 0 Å². The van der Waals surface area contributed by atoms with Gasteiger partial charge < -0.3 is 4.74 Å². The van der Waals surface area contributed by atoms with Gasteiger partial charge in [-0.3, -0.25) is 0 Å². The smallest absolute Gasteiger partial charge is 0.126 e. The topological polar surface area (TPSA) is 9.23 Å². The van der Waals surface area contributed by atoms with Crippen LogP contribution in [0, 0.1) is 5.92 Å². The Morgan fingerprint density at radius 2 is 2.30 bits per heavy atom. The predicted octanol–water partition coefficient (Wildman–Crippen LogP) is 2.03. The van der Waals surface area contributed by atoms with Gasteiger partial charge in [0.2, 0.25) is 0 Å². The molecular formula is C9H10O. The highest BCUT2D eigenvalue weighted by molar-refractivity contribution is 5.28. The monoisotopic (exact) mass is 134 g/mol. The van der Waals surface area contributed by atoms with Crippen molar-refractivity contribution in [3.63, 3.8) is 0 Å². The first-order chi connectivity index (χ1) is 4.86. The molecule has 0 N–H and O–H groups in total. The Labute approximate surface area is 60.7 Å².